The molecule has 3 nitrogen and oxygen atoms in total. The summed E-state index contributed by atoms with van der Waals surface area (Å²) in [6, 6.07) is 5.57. The van der Waals surface area contributed by atoms with Crippen LogP contribution < -0.4 is 10.6 Å². The number of anilines is 2. The molecule has 1 saturated heterocycles. The van der Waals surface area contributed by atoms with Gasteiger partial charge in [0, 0.05) is 31.1 Å². The van der Waals surface area contributed by atoms with E-state index < -0.39 is 0 Å². The molecule has 1 aliphatic heterocycles. The number of hydrogen-bond donors (Lipinski definition) is 1. The molecule has 0 amide bonds. The number of nitrogen functional groups attached to an aromatic ring is 1. The van der Waals surface area contributed by atoms with E-state index in [1.54, 1.807) is 0 Å². The maximum atomic E-state index is 5.97. The first-order chi connectivity index (χ1) is 7.66. The standard InChI is InChI=1S/C12H17ClN2O/c1-15(7-9-4-5-16-8-9)12-6-10(13)2-3-11(12)14/h2-3,6,9H,4-5,7-8,14H2,1H3. The molecule has 2 rings (SSSR count). The van der Waals surface area contributed by atoms with E-state index >= 15 is 0 Å². The summed E-state index contributed by atoms with van der Waals surface area (Å²) in [6.45, 7) is 2.69. The molecule has 0 spiro atoms. The van der Waals surface area contributed by atoms with Crippen LogP contribution in [-0.4, -0.2) is 26.8 Å². The van der Waals surface area contributed by atoms with Gasteiger partial charge in [-0.05, 0) is 24.6 Å². The third-order valence-electron chi connectivity index (χ3n) is 2.96. The predicted molar refractivity (Wildman–Crippen MR) is 68.1 cm³/mol. The Kier molecular flexibility index (Phi) is 3.56. The molecule has 1 atom stereocenters. The lowest BCUT2D eigenvalue weighted by Crippen LogP contribution is -2.26. The minimum absolute atomic E-state index is 0.600. The molecule has 4 heteroatoms. The highest BCUT2D eigenvalue weighted by molar-refractivity contribution is 6.31. The first-order valence-corrected chi connectivity index (χ1v) is 5.88. The third kappa shape index (κ3) is 2.60. The van der Waals surface area contributed by atoms with Gasteiger partial charge in [-0.1, -0.05) is 11.6 Å². The van der Waals surface area contributed by atoms with Gasteiger partial charge in [0.25, 0.3) is 0 Å². The van der Waals surface area contributed by atoms with Gasteiger partial charge in [-0.2, -0.15) is 0 Å². The zero-order chi connectivity index (χ0) is 11.5. The quantitative estimate of drug-likeness (QED) is 0.825. The van der Waals surface area contributed by atoms with Gasteiger partial charge >= 0.3 is 0 Å². The van der Waals surface area contributed by atoms with E-state index in [1.807, 2.05) is 25.2 Å². The summed E-state index contributed by atoms with van der Waals surface area (Å²) in [6.07, 6.45) is 1.13. The summed E-state index contributed by atoms with van der Waals surface area (Å²) >= 11 is 5.97. The first-order valence-electron chi connectivity index (χ1n) is 5.50. The molecule has 0 bridgehead atoms. The molecular formula is C12H17ClN2O. The van der Waals surface area contributed by atoms with Gasteiger partial charge in [0.1, 0.15) is 0 Å². The number of ether oxygens (including phenoxy) is 1. The molecule has 0 aliphatic carbocycles. The van der Waals surface area contributed by atoms with Crippen molar-refractivity contribution in [3.05, 3.63) is 23.2 Å². The van der Waals surface area contributed by atoms with Crippen molar-refractivity contribution in [1.29, 1.82) is 0 Å². The molecule has 1 fully saturated rings. The predicted octanol–water partition coefficient (Wildman–Crippen LogP) is 2.39. The summed E-state index contributed by atoms with van der Waals surface area (Å²) in [5.41, 5.74) is 7.70. The number of halogens is 1. The number of nitrogens with two attached hydrogens (primary N) is 1. The molecule has 0 radical (unpaired) electrons. The SMILES string of the molecule is CN(CC1CCOC1)c1cc(Cl)ccc1N. The second-order valence-electron chi connectivity index (χ2n) is 4.31. The van der Waals surface area contributed by atoms with E-state index in [-0.39, 0.29) is 0 Å². The van der Waals surface area contributed by atoms with Gasteiger partial charge < -0.3 is 15.4 Å². The average molecular weight is 241 g/mol. The second-order valence-corrected chi connectivity index (χ2v) is 4.75. The third-order valence-corrected chi connectivity index (χ3v) is 3.19. The molecule has 1 unspecified atom stereocenters. The summed E-state index contributed by atoms with van der Waals surface area (Å²) < 4.78 is 5.36. The van der Waals surface area contributed by atoms with Crippen molar-refractivity contribution in [2.24, 2.45) is 5.92 Å². The second kappa shape index (κ2) is 4.93. The van der Waals surface area contributed by atoms with Crippen LogP contribution in [-0.2, 0) is 4.74 Å². The smallest absolute Gasteiger partial charge is 0.0612 e. The highest BCUT2D eigenvalue weighted by Gasteiger charge is 2.18. The van der Waals surface area contributed by atoms with Crippen molar-refractivity contribution >= 4 is 23.0 Å². The van der Waals surface area contributed by atoms with E-state index in [9.17, 15) is 0 Å². The van der Waals surface area contributed by atoms with Crippen LogP contribution in [0.25, 0.3) is 0 Å². The Balaban J connectivity index is 2.07. The Morgan fingerprint density at radius 3 is 3.06 bits per heavy atom. The molecule has 1 heterocycles. The summed E-state index contributed by atoms with van der Waals surface area (Å²) in [5.74, 6) is 0.600. The molecule has 1 aromatic carbocycles. The summed E-state index contributed by atoms with van der Waals surface area (Å²) in [7, 11) is 2.04. The minimum Gasteiger partial charge on any atom is -0.397 e. The topological polar surface area (TPSA) is 38.5 Å². The van der Waals surface area contributed by atoms with Gasteiger partial charge in [0.15, 0.2) is 0 Å². The van der Waals surface area contributed by atoms with Crippen LogP contribution >= 0.6 is 11.6 Å². The van der Waals surface area contributed by atoms with E-state index in [1.165, 1.54) is 0 Å². The van der Waals surface area contributed by atoms with Crippen LogP contribution in [0.1, 0.15) is 6.42 Å². The highest BCUT2D eigenvalue weighted by atomic mass is 35.5. The lowest BCUT2D eigenvalue weighted by molar-refractivity contribution is 0.186. The van der Waals surface area contributed by atoms with Crippen molar-refractivity contribution in [1.82, 2.24) is 0 Å². The maximum Gasteiger partial charge on any atom is 0.0612 e. The zero-order valence-electron chi connectivity index (χ0n) is 9.45. The number of benzene rings is 1. The van der Waals surface area contributed by atoms with Crippen LogP contribution in [0.4, 0.5) is 11.4 Å². The van der Waals surface area contributed by atoms with Crippen LogP contribution in [0.3, 0.4) is 0 Å². The largest absolute Gasteiger partial charge is 0.397 e. The number of hydrogen-bond acceptors (Lipinski definition) is 3. The molecular weight excluding hydrogens is 224 g/mol. The molecule has 0 saturated carbocycles. The summed E-state index contributed by atoms with van der Waals surface area (Å²) in [5, 5.41) is 0.721. The van der Waals surface area contributed by atoms with Crippen LogP contribution in [0, 0.1) is 5.92 Å². The van der Waals surface area contributed by atoms with Gasteiger partial charge in [-0.25, -0.2) is 0 Å². The summed E-state index contributed by atoms with van der Waals surface area (Å²) in [4.78, 5) is 2.15. The number of rotatable bonds is 3. The van der Waals surface area contributed by atoms with Crippen molar-refractivity contribution in [3.8, 4) is 0 Å². The van der Waals surface area contributed by atoms with Gasteiger partial charge in [-0.15, -0.1) is 0 Å². The first kappa shape index (κ1) is 11.6. The van der Waals surface area contributed by atoms with E-state index in [2.05, 4.69) is 4.90 Å². The molecule has 2 N–H and O–H groups in total. The molecule has 1 aliphatic rings. The lowest BCUT2D eigenvalue weighted by Gasteiger charge is -2.24. The monoisotopic (exact) mass is 240 g/mol. The van der Waals surface area contributed by atoms with Crippen molar-refractivity contribution in [3.63, 3.8) is 0 Å². The van der Waals surface area contributed by atoms with Gasteiger partial charge in [0.2, 0.25) is 0 Å². The Labute approximate surface area is 101 Å². The fourth-order valence-corrected chi connectivity index (χ4v) is 2.23. The fourth-order valence-electron chi connectivity index (χ4n) is 2.06. The van der Waals surface area contributed by atoms with Crippen molar-refractivity contribution < 1.29 is 4.74 Å². The van der Waals surface area contributed by atoms with Gasteiger partial charge in [-0.3, -0.25) is 0 Å². The maximum absolute atomic E-state index is 5.97. The normalized spacial score (nSPS) is 20.0. The van der Waals surface area contributed by atoms with Gasteiger partial charge in [0.05, 0.1) is 18.0 Å². The molecule has 1 aromatic rings. The Morgan fingerprint density at radius 1 is 1.56 bits per heavy atom. The van der Waals surface area contributed by atoms with Crippen molar-refractivity contribution in [2.75, 3.05) is 37.4 Å². The average Bonchev–Trinajstić information content (AvgIpc) is 2.74. The van der Waals surface area contributed by atoms with Crippen LogP contribution in [0.15, 0.2) is 18.2 Å². The Bertz CT molecular complexity index is 364. The van der Waals surface area contributed by atoms with Crippen LogP contribution in [0.5, 0.6) is 0 Å². The molecule has 88 valence electrons. The Hall–Kier alpha value is -0.930. The Morgan fingerprint density at radius 2 is 2.38 bits per heavy atom. The highest BCUT2D eigenvalue weighted by Crippen LogP contribution is 2.27. The molecule has 0 aromatic heterocycles. The minimum atomic E-state index is 0.600. The molecule has 16 heavy (non-hydrogen) atoms. The van der Waals surface area contributed by atoms with E-state index in [0.717, 1.165) is 42.6 Å². The lowest BCUT2D eigenvalue weighted by atomic mass is 10.1. The van der Waals surface area contributed by atoms with Crippen LogP contribution in [0.2, 0.25) is 5.02 Å². The van der Waals surface area contributed by atoms with E-state index in [0.29, 0.717) is 5.92 Å². The fraction of sp³-hybridized carbons (Fsp3) is 0.500. The van der Waals surface area contributed by atoms with Crippen molar-refractivity contribution in [2.45, 2.75) is 6.42 Å². The number of nitrogens with zero attached hydrogens (tertiary/aromatic N) is 1. The zero-order valence-corrected chi connectivity index (χ0v) is 10.2. The van der Waals surface area contributed by atoms with E-state index in [4.69, 9.17) is 22.1 Å².